The summed E-state index contributed by atoms with van der Waals surface area (Å²) in [6, 6.07) is 1.86. The summed E-state index contributed by atoms with van der Waals surface area (Å²) in [5.41, 5.74) is 0.814. The zero-order valence-corrected chi connectivity index (χ0v) is 7.61. The Morgan fingerprint density at radius 2 is 2.31 bits per heavy atom. The summed E-state index contributed by atoms with van der Waals surface area (Å²) in [6.45, 7) is 3.90. The number of pyridine rings is 1. The summed E-state index contributed by atoms with van der Waals surface area (Å²) in [5, 5.41) is 11.8. The van der Waals surface area contributed by atoms with Gasteiger partial charge in [0.25, 0.3) is 0 Å². The van der Waals surface area contributed by atoms with Gasteiger partial charge < -0.3 is 10.4 Å². The molecule has 0 saturated heterocycles. The summed E-state index contributed by atoms with van der Waals surface area (Å²) in [6.07, 6.45) is 2.91. The van der Waals surface area contributed by atoms with Crippen LogP contribution < -0.4 is 5.32 Å². The lowest BCUT2D eigenvalue weighted by molar-refractivity contribution is 0.0697. The number of nitrogens with one attached hydrogen (secondary N) is 1. The Labute approximate surface area is 76.6 Å². The van der Waals surface area contributed by atoms with Crippen LogP contribution in [0.1, 0.15) is 24.2 Å². The zero-order chi connectivity index (χ0) is 9.84. The van der Waals surface area contributed by atoms with Crippen LogP contribution >= 0.6 is 0 Å². The molecule has 1 aromatic heterocycles. The third-order valence-corrected chi connectivity index (χ3v) is 1.50. The summed E-state index contributed by atoms with van der Waals surface area (Å²) >= 11 is 0. The number of nitrogens with zero attached hydrogens (tertiary/aromatic N) is 1. The molecule has 0 atom stereocenters. The molecule has 70 valence electrons. The smallest absolute Gasteiger partial charge is 0.339 e. The molecule has 13 heavy (non-hydrogen) atoms. The average molecular weight is 180 g/mol. The Morgan fingerprint density at radius 1 is 1.62 bits per heavy atom. The quantitative estimate of drug-likeness (QED) is 0.741. The molecule has 1 heterocycles. The first kappa shape index (κ1) is 9.51. The van der Waals surface area contributed by atoms with E-state index in [4.69, 9.17) is 5.11 Å². The molecule has 0 aliphatic rings. The van der Waals surface area contributed by atoms with Crippen LogP contribution in [0.4, 0.5) is 5.69 Å². The molecule has 0 amide bonds. The Kier molecular flexibility index (Phi) is 2.84. The van der Waals surface area contributed by atoms with Crippen molar-refractivity contribution in [2.75, 3.05) is 5.32 Å². The Hall–Kier alpha value is -1.58. The van der Waals surface area contributed by atoms with Gasteiger partial charge in [-0.2, -0.15) is 0 Å². The van der Waals surface area contributed by atoms with E-state index < -0.39 is 5.97 Å². The largest absolute Gasteiger partial charge is 0.478 e. The van der Waals surface area contributed by atoms with Crippen LogP contribution in [0, 0.1) is 0 Å². The van der Waals surface area contributed by atoms with E-state index in [1.807, 2.05) is 13.8 Å². The lowest BCUT2D eigenvalue weighted by Crippen LogP contribution is -2.13. The predicted octanol–water partition coefficient (Wildman–Crippen LogP) is 1.60. The maximum Gasteiger partial charge on any atom is 0.339 e. The molecule has 0 saturated carbocycles. The van der Waals surface area contributed by atoms with Crippen molar-refractivity contribution in [1.82, 2.24) is 4.98 Å². The molecule has 4 heteroatoms. The number of carboxylic acids is 1. The summed E-state index contributed by atoms with van der Waals surface area (Å²) in [7, 11) is 0. The van der Waals surface area contributed by atoms with E-state index in [-0.39, 0.29) is 11.6 Å². The van der Waals surface area contributed by atoms with E-state index in [1.165, 1.54) is 6.20 Å². The van der Waals surface area contributed by atoms with E-state index >= 15 is 0 Å². The standard InChI is InChI=1S/C9H12N2O2/c1-6(2)11-8-3-4-10-5-7(8)9(12)13/h3-6H,1-2H3,(H,10,11)(H,12,13). The van der Waals surface area contributed by atoms with E-state index in [0.717, 1.165) is 0 Å². The molecule has 0 fully saturated rings. The average Bonchev–Trinajstić information content (AvgIpc) is 2.03. The maximum atomic E-state index is 10.7. The van der Waals surface area contributed by atoms with Gasteiger partial charge in [0.2, 0.25) is 0 Å². The first-order chi connectivity index (χ1) is 6.11. The maximum absolute atomic E-state index is 10.7. The number of aromatic carboxylic acids is 1. The fraction of sp³-hybridized carbons (Fsp3) is 0.333. The molecule has 0 aromatic carbocycles. The number of anilines is 1. The third-order valence-electron chi connectivity index (χ3n) is 1.50. The third kappa shape index (κ3) is 2.43. The van der Waals surface area contributed by atoms with Crippen molar-refractivity contribution in [3.8, 4) is 0 Å². The first-order valence-corrected chi connectivity index (χ1v) is 4.05. The second-order valence-electron chi connectivity index (χ2n) is 3.03. The number of rotatable bonds is 3. The van der Waals surface area contributed by atoms with Gasteiger partial charge in [-0.25, -0.2) is 4.79 Å². The number of hydrogen-bond acceptors (Lipinski definition) is 3. The van der Waals surface area contributed by atoms with E-state index in [1.54, 1.807) is 12.3 Å². The van der Waals surface area contributed by atoms with Crippen molar-refractivity contribution in [1.29, 1.82) is 0 Å². The van der Waals surface area contributed by atoms with Crippen LogP contribution in [-0.2, 0) is 0 Å². The van der Waals surface area contributed by atoms with Gasteiger partial charge in [0.15, 0.2) is 0 Å². The minimum Gasteiger partial charge on any atom is -0.478 e. The van der Waals surface area contributed by atoms with Crippen LogP contribution in [0.2, 0.25) is 0 Å². The highest BCUT2D eigenvalue weighted by molar-refractivity contribution is 5.93. The zero-order valence-electron chi connectivity index (χ0n) is 7.61. The molecule has 0 spiro atoms. The van der Waals surface area contributed by atoms with Gasteiger partial charge in [0.05, 0.1) is 5.69 Å². The monoisotopic (exact) mass is 180 g/mol. The van der Waals surface area contributed by atoms with Gasteiger partial charge >= 0.3 is 5.97 Å². The molecular weight excluding hydrogens is 168 g/mol. The Balaban J connectivity index is 2.98. The number of hydrogen-bond donors (Lipinski definition) is 2. The molecular formula is C9H12N2O2. The van der Waals surface area contributed by atoms with Crippen molar-refractivity contribution >= 4 is 11.7 Å². The first-order valence-electron chi connectivity index (χ1n) is 4.05. The molecule has 0 unspecified atom stereocenters. The Bertz CT molecular complexity index is 310. The lowest BCUT2D eigenvalue weighted by atomic mass is 10.2. The van der Waals surface area contributed by atoms with E-state index in [9.17, 15) is 4.79 Å². The van der Waals surface area contributed by atoms with Crippen LogP contribution in [0.15, 0.2) is 18.5 Å². The second-order valence-corrected chi connectivity index (χ2v) is 3.03. The molecule has 4 nitrogen and oxygen atoms in total. The number of carboxylic acid groups (broad SMARTS) is 1. The fourth-order valence-corrected chi connectivity index (χ4v) is 1.00. The molecule has 1 rings (SSSR count). The van der Waals surface area contributed by atoms with Crippen LogP contribution in [0.3, 0.4) is 0 Å². The predicted molar refractivity (Wildman–Crippen MR) is 50.0 cm³/mol. The minimum atomic E-state index is -0.962. The van der Waals surface area contributed by atoms with Crippen LogP contribution in [-0.4, -0.2) is 22.1 Å². The summed E-state index contributed by atoms with van der Waals surface area (Å²) in [5.74, 6) is -0.962. The second kappa shape index (κ2) is 3.89. The van der Waals surface area contributed by atoms with Crippen LogP contribution in [0.5, 0.6) is 0 Å². The molecule has 0 bridgehead atoms. The van der Waals surface area contributed by atoms with E-state index in [2.05, 4.69) is 10.3 Å². The highest BCUT2D eigenvalue weighted by atomic mass is 16.4. The number of aromatic nitrogens is 1. The minimum absolute atomic E-state index is 0.205. The summed E-state index contributed by atoms with van der Waals surface area (Å²) in [4.78, 5) is 14.5. The number of carbonyl (C=O) groups is 1. The van der Waals surface area contributed by atoms with Gasteiger partial charge in [-0.05, 0) is 19.9 Å². The van der Waals surface area contributed by atoms with Crippen molar-refractivity contribution in [3.05, 3.63) is 24.0 Å². The van der Waals surface area contributed by atoms with Gasteiger partial charge in [-0.1, -0.05) is 0 Å². The molecule has 0 aliphatic carbocycles. The fourth-order valence-electron chi connectivity index (χ4n) is 1.00. The van der Waals surface area contributed by atoms with Gasteiger partial charge in [0.1, 0.15) is 5.56 Å². The molecule has 1 aromatic rings. The molecule has 0 radical (unpaired) electrons. The van der Waals surface area contributed by atoms with Gasteiger partial charge in [0, 0.05) is 18.4 Å². The van der Waals surface area contributed by atoms with Crippen molar-refractivity contribution in [2.45, 2.75) is 19.9 Å². The van der Waals surface area contributed by atoms with Crippen LogP contribution in [0.25, 0.3) is 0 Å². The van der Waals surface area contributed by atoms with E-state index in [0.29, 0.717) is 5.69 Å². The van der Waals surface area contributed by atoms with Gasteiger partial charge in [-0.15, -0.1) is 0 Å². The molecule has 0 aliphatic heterocycles. The lowest BCUT2D eigenvalue weighted by Gasteiger charge is -2.11. The van der Waals surface area contributed by atoms with Crippen molar-refractivity contribution < 1.29 is 9.90 Å². The Morgan fingerprint density at radius 3 is 2.85 bits per heavy atom. The highest BCUT2D eigenvalue weighted by Gasteiger charge is 2.09. The van der Waals surface area contributed by atoms with Gasteiger partial charge in [-0.3, -0.25) is 4.98 Å². The molecule has 2 N–H and O–H groups in total. The normalized spacial score (nSPS) is 10.1. The highest BCUT2D eigenvalue weighted by Crippen LogP contribution is 2.13. The topological polar surface area (TPSA) is 62.2 Å². The summed E-state index contributed by atoms with van der Waals surface area (Å²) < 4.78 is 0. The van der Waals surface area contributed by atoms with Crippen molar-refractivity contribution in [3.63, 3.8) is 0 Å². The van der Waals surface area contributed by atoms with Crippen molar-refractivity contribution in [2.24, 2.45) is 0 Å². The SMILES string of the molecule is CC(C)Nc1ccncc1C(=O)O.